The van der Waals surface area contributed by atoms with Gasteiger partial charge in [-0.2, -0.15) is 5.26 Å². The third-order valence-corrected chi connectivity index (χ3v) is 4.54. The van der Waals surface area contributed by atoms with Gasteiger partial charge in [-0.1, -0.05) is 44.6 Å². The van der Waals surface area contributed by atoms with Crippen LogP contribution in [-0.4, -0.2) is 0 Å². The zero-order valence-corrected chi connectivity index (χ0v) is 12.0. The predicted molar refractivity (Wildman–Crippen MR) is 80.5 cm³/mol. The minimum atomic E-state index is 0.361. The van der Waals surface area contributed by atoms with Crippen molar-refractivity contribution in [1.29, 1.82) is 5.26 Å². The summed E-state index contributed by atoms with van der Waals surface area (Å²) < 4.78 is 0. The molecule has 0 radical (unpaired) electrons. The van der Waals surface area contributed by atoms with Gasteiger partial charge in [0.2, 0.25) is 0 Å². The van der Waals surface area contributed by atoms with Crippen LogP contribution in [0.4, 0.5) is 0 Å². The highest BCUT2D eigenvalue weighted by Gasteiger charge is 2.27. The smallest absolute Gasteiger partial charge is 0.0991 e. The number of nitriles is 1. The van der Waals surface area contributed by atoms with E-state index in [1.807, 2.05) is 24.3 Å². The van der Waals surface area contributed by atoms with Gasteiger partial charge in [-0.15, -0.1) is 0 Å². The van der Waals surface area contributed by atoms with E-state index in [2.05, 4.69) is 32.1 Å². The van der Waals surface area contributed by atoms with Gasteiger partial charge in [-0.3, -0.25) is 0 Å². The van der Waals surface area contributed by atoms with Crippen LogP contribution in [0.5, 0.6) is 0 Å². The third-order valence-electron chi connectivity index (χ3n) is 4.54. The van der Waals surface area contributed by atoms with Crippen LogP contribution >= 0.6 is 0 Å². The average molecular weight is 253 g/mol. The molecule has 0 spiro atoms. The van der Waals surface area contributed by atoms with Gasteiger partial charge in [0.15, 0.2) is 0 Å². The molecule has 0 saturated heterocycles. The van der Waals surface area contributed by atoms with E-state index in [1.54, 1.807) is 0 Å². The molecule has 1 fully saturated rings. The largest absolute Gasteiger partial charge is 0.192 e. The van der Waals surface area contributed by atoms with Gasteiger partial charge in [-0.25, -0.2) is 0 Å². The van der Waals surface area contributed by atoms with E-state index in [0.717, 1.165) is 11.5 Å². The number of nitrogens with zero attached hydrogens (tertiary/aromatic N) is 1. The van der Waals surface area contributed by atoms with Crippen molar-refractivity contribution in [3.8, 4) is 6.07 Å². The van der Waals surface area contributed by atoms with E-state index in [0.29, 0.717) is 5.41 Å². The Labute approximate surface area is 117 Å². The molecule has 1 saturated carbocycles. The molecule has 0 unspecified atom stereocenters. The maximum absolute atomic E-state index is 8.78. The SMILES string of the molecule is CCC1CCC(C)(/C=C/c2ccc(C#N)cc2)CC1. The molecule has 1 nitrogen and oxygen atoms in total. The maximum atomic E-state index is 8.78. The Morgan fingerprint density at radius 2 is 1.89 bits per heavy atom. The van der Waals surface area contributed by atoms with Gasteiger partial charge >= 0.3 is 0 Å². The summed E-state index contributed by atoms with van der Waals surface area (Å²) in [6, 6.07) is 9.97. The lowest BCUT2D eigenvalue weighted by molar-refractivity contribution is 0.219. The van der Waals surface area contributed by atoms with Gasteiger partial charge in [0.1, 0.15) is 0 Å². The Morgan fingerprint density at radius 1 is 1.26 bits per heavy atom. The normalized spacial score (nSPS) is 27.3. The Morgan fingerprint density at radius 3 is 2.42 bits per heavy atom. The fourth-order valence-corrected chi connectivity index (χ4v) is 2.88. The fourth-order valence-electron chi connectivity index (χ4n) is 2.88. The minimum Gasteiger partial charge on any atom is -0.192 e. The molecule has 19 heavy (non-hydrogen) atoms. The Kier molecular flexibility index (Phi) is 4.43. The molecule has 1 aliphatic rings. The minimum absolute atomic E-state index is 0.361. The second-order valence-corrected chi connectivity index (χ2v) is 6.07. The molecule has 0 aliphatic heterocycles. The van der Waals surface area contributed by atoms with Crippen LogP contribution < -0.4 is 0 Å². The summed E-state index contributed by atoms with van der Waals surface area (Å²) in [7, 11) is 0. The van der Waals surface area contributed by atoms with Crippen molar-refractivity contribution in [2.45, 2.75) is 46.0 Å². The molecule has 0 bridgehead atoms. The van der Waals surface area contributed by atoms with Crippen LogP contribution in [-0.2, 0) is 0 Å². The first-order valence-corrected chi connectivity index (χ1v) is 7.34. The maximum Gasteiger partial charge on any atom is 0.0991 e. The molecule has 1 aromatic carbocycles. The summed E-state index contributed by atoms with van der Waals surface area (Å²) in [5, 5.41) is 8.78. The molecular weight excluding hydrogens is 230 g/mol. The van der Waals surface area contributed by atoms with Gasteiger partial charge in [0.05, 0.1) is 11.6 Å². The molecule has 1 aromatic rings. The second kappa shape index (κ2) is 6.06. The first kappa shape index (κ1) is 13.9. The van der Waals surface area contributed by atoms with Crippen LogP contribution in [0.15, 0.2) is 30.3 Å². The quantitative estimate of drug-likeness (QED) is 0.728. The number of hydrogen-bond acceptors (Lipinski definition) is 1. The van der Waals surface area contributed by atoms with Crippen molar-refractivity contribution >= 4 is 6.08 Å². The van der Waals surface area contributed by atoms with Crippen molar-refractivity contribution in [2.24, 2.45) is 11.3 Å². The molecule has 0 N–H and O–H groups in total. The average Bonchev–Trinajstić information content (AvgIpc) is 2.47. The molecule has 0 heterocycles. The number of benzene rings is 1. The first-order valence-electron chi connectivity index (χ1n) is 7.34. The Hall–Kier alpha value is -1.55. The second-order valence-electron chi connectivity index (χ2n) is 6.07. The van der Waals surface area contributed by atoms with Crippen molar-refractivity contribution in [3.63, 3.8) is 0 Å². The van der Waals surface area contributed by atoms with Crippen LogP contribution in [0.25, 0.3) is 6.08 Å². The summed E-state index contributed by atoms with van der Waals surface area (Å²) in [5.74, 6) is 0.941. The molecule has 1 heteroatoms. The first-order chi connectivity index (χ1) is 9.15. The molecule has 0 atom stereocenters. The van der Waals surface area contributed by atoms with Gasteiger partial charge in [0, 0.05) is 0 Å². The van der Waals surface area contributed by atoms with E-state index < -0.39 is 0 Å². The summed E-state index contributed by atoms with van der Waals surface area (Å²) >= 11 is 0. The van der Waals surface area contributed by atoms with Crippen molar-refractivity contribution in [1.82, 2.24) is 0 Å². The molecular formula is C18H23N. The van der Waals surface area contributed by atoms with Crippen LogP contribution in [0.2, 0.25) is 0 Å². The lowest BCUT2D eigenvalue weighted by atomic mass is 9.71. The van der Waals surface area contributed by atoms with Crippen LogP contribution in [0, 0.1) is 22.7 Å². The van der Waals surface area contributed by atoms with E-state index >= 15 is 0 Å². The summed E-state index contributed by atoms with van der Waals surface area (Å²) in [6.45, 7) is 4.68. The molecule has 2 rings (SSSR count). The van der Waals surface area contributed by atoms with Crippen LogP contribution in [0.3, 0.4) is 0 Å². The summed E-state index contributed by atoms with van der Waals surface area (Å²) in [6.07, 6.45) is 11.3. The highest BCUT2D eigenvalue weighted by Crippen LogP contribution is 2.41. The van der Waals surface area contributed by atoms with E-state index in [1.165, 1.54) is 37.7 Å². The third kappa shape index (κ3) is 3.70. The lowest BCUT2D eigenvalue weighted by Crippen LogP contribution is -2.22. The summed E-state index contributed by atoms with van der Waals surface area (Å²) in [5.41, 5.74) is 2.28. The van der Waals surface area contributed by atoms with Gasteiger partial charge in [0.25, 0.3) is 0 Å². The monoisotopic (exact) mass is 253 g/mol. The van der Waals surface area contributed by atoms with Crippen LogP contribution in [0.1, 0.15) is 57.1 Å². The molecule has 1 aliphatic carbocycles. The number of rotatable bonds is 3. The zero-order valence-electron chi connectivity index (χ0n) is 12.0. The van der Waals surface area contributed by atoms with E-state index in [9.17, 15) is 0 Å². The standard InChI is InChI=1S/C18H23N/c1-3-15-8-11-18(2,12-9-15)13-10-16-4-6-17(14-19)7-5-16/h4-7,10,13,15H,3,8-9,11-12H2,1-2H3/b13-10+. The predicted octanol–water partition coefficient (Wildman–Crippen LogP) is 5.18. The zero-order chi connectivity index (χ0) is 13.7. The van der Waals surface area contributed by atoms with Gasteiger partial charge < -0.3 is 0 Å². The van der Waals surface area contributed by atoms with Crippen molar-refractivity contribution in [2.75, 3.05) is 0 Å². The highest BCUT2D eigenvalue weighted by atomic mass is 14.3. The van der Waals surface area contributed by atoms with E-state index in [4.69, 9.17) is 5.26 Å². The fraction of sp³-hybridized carbons (Fsp3) is 0.500. The molecule has 0 aromatic heterocycles. The van der Waals surface area contributed by atoms with Gasteiger partial charge in [-0.05, 0) is 54.7 Å². The highest BCUT2D eigenvalue weighted by molar-refractivity contribution is 5.51. The lowest BCUT2D eigenvalue weighted by Gasteiger charge is -2.34. The van der Waals surface area contributed by atoms with Crippen molar-refractivity contribution in [3.05, 3.63) is 41.5 Å². The van der Waals surface area contributed by atoms with E-state index in [-0.39, 0.29) is 0 Å². The topological polar surface area (TPSA) is 23.8 Å². The molecule has 0 amide bonds. The molecule has 100 valence electrons. The number of hydrogen-bond donors (Lipinski definition) is 0. The number of allylic oxidation sites excluding steroid dienone is 1. The summed E-state index contributed by atoms with van der Waals surface area (Å²) in [4.78, 5) is 0. The Bertz CT molecular complexity index is 467. The Balaban J connectivity index is 1.99. The van der Waals surface area contributed by atoms with Crippen molar-refractivity contribution < 1.29 is 0 Å².